The lowest BCUT2D eigenvalue weighted by molar-refractivity contribution is 0.146. The summed E-state index contributed by atoms with van der Waals surface area (Å²) >= 11 is 12.2. The second kappa shape index (κ2) is 9.26. The van der Waals surface area contributed by atoms with Crippen LogP contribution in [-0.4, -0.2) is 35.3 Å². The van der Waals surface area contributed by atoms with Crippen LogP contribution in [0.2, 0.25) is 10.0 Å². The van der Waals surface area contributed by atoms with Crippen LogP contribution in [0.15, 0.2) is 60.9 Å². The van der Waals surface area contributed by atoms with Gasteiger partial charge >= 0.3 is 0 Å². The number of rotatable bonds is 7. The molecule has 6 nitrogen and oxygen atoms in total. The van der Waals surface area contributed by atoms with Gasteiger partial charge in [-0.15, -0.1) is 0 Å². The third-order valence-corrected chi connectivity index (χ3v) is 5.06. The van der Waals surface area contributed by atoms with Gasteiger partial charge in [-0.3, -0.25) is 4.98 Å². The molecule has 0 unspecified atom stereocenters. The molecule has 4 aromatic rings. The van der Waals surface area contributed by atoms with Crippen molar-refractivity contribution in [2.75, 3.05) is 25.6 Å². The molecule has 2 heterocycles. The van der Waals surface area contributed by atoms with Gasteiger partial charge in [-0.2, -0.15) is 0 Å². The summed E-state index contributed by atoms with van der Waals surface area (Å²) in [5, 5.41) is 5.07. The molecule has 0 saturated heterocycles. The van der Waals surface area contributed by atoms with E-state index in [1.54, 1.807) is 31.6 Å². The molecule has 4 rings (SSSR count). The monoisotopic (exact) mass is 440 g/mol. The van der Waals surface area contributed by atoms with E-state index in [-0.39, 0.29) is 0 Å². The summed E-state index contributed by atoms with van der Waals surface area (Å²) in [5.74, 6) is 1.88. The molecule has 0 saturated carbocycles. The van der Waals surface area contributed by atoms with E-state index >= 15 is 0 Å². The van der Waals surface area contributed by atoms with Gasteiger partial charge < -0.3 is 14.8 Å². The predicted octanol–water partition coefficient (Wildman–Crippen LogP) is 5.77. The smallest absolute Gasteiger partial charge is 0.163 e. The van der Waals surface area contributed by atoms with Crippen molar-refractivity contribution < 1.29 is 9.47 Å². The highest BCUT2D eigenvalue weighted by Crippen LogP contribution is 2.32. The van der Waals surface area contributed by atoms with Gasteiger partial charge in [-0.05, 0) is 48.5 Å². The number of hydrogen-bond acceptors (Lipinski definition) is 6. The molecular weight excluding hydrogens is 423 g/mol. The van der Waals surface area contributed by atoms with Gasteiger partial charge in [-0.1, -0.05) is 23.2 Å². The maximum Gasteiger partial charge on any atom is 0.163 e. The van der Waals surface area contributed by atoms with E-state index in [1.165, 1.54) is 0 Å². The van der Waals surface area contributed by atoms with Gasteiger partial charge in [0.25, 0.3) is 0 Å². The number of aromatic nitrogens is 3. The van der Waals surface area contributed by atoms with Gasteiger partial charge in [0.15, 0.2) is 5.82 Å². The lowest BCUT2D eigenvalue weighted by atomic mass is 10.2. The Hall–Kier alpha value is -2.93. The molecule has 0 fully saturated rings. The fourth-order valence-electron chi connectivity index (χ4n) is 2.87. The first-order chi connectivity index (χ1) is 14.6. The molecule has 0 bridgehead atoms. The standard InChI is InChI=1S/C22H18Cl2N4O2/c1-29-9-10-30-16-5-7-20-17(12-16)22(26-15-4-6-18(23)19(24)11-15)28-21(27-20)14-3-2-8-25-13-14/h2-8,11-13H,9-10H2,1H3,(H,26,27,28). The molecule has 0 spiro atoms. The highest BCUT2D eigenvalue weighted by Gasteiger charge is 2.12. The van der Waals surface area contributed by atoms with Crippen LogP contribution in [0.25, 0.3) is 22.3 Å². The van der Waals surface area contributed by atoms with Crippen LogP contribution in [0.3, 0.4) is 0 Å². The second-order valence-corrected chi connectivity index (χ2v) is 7.23. The summed E-state index contributed by atoms with van der Waals surface area (Å²) in [6, 6.07) is 14.8. The Labute approximate surface area is 183 Å². The number of nitrogens with zero attached hydrogens (tertiary/aromatic N) is 3. The van der Waals surface area contributed by atoms with Crippen molar-refractivity contribution in [1.29, 1.82) is 0 Å². The maximum atomic E-state index is 6.18. The molecule has 152 valence electrons. The molecule has 0 radical (unpaired) electrons. The van der Waals surface area contributed by atoms with E-state index in [9.17, 15) is 0 Å². The molecule has 1 N–H and O–H groups in total. The Morgan fingerprint density at radius 3 is 2.63 bits per heavy atom. The zero-order chi connectivity index (χ0) is 20.9. The minimum absolute atomic E-state index is 0.451. The maximum absolute atomic E-state index is 6.18. The summed E-state index contributed by atoms with van der Waals surface area (Å²) in [5.41, 5.74) is 2.34. The zero-order valence-electron chi connectivity index (χ0n) is 16.1. The van der Waals surface area contributed by atoms with Crippen molar-refractivity contribution in [2.24, 2.45) is 0 Å². The average Bonchev–Trinajstić information content (AvgIpc) is 2.77. The van der Waals surface area contributed by atoms with Gasteiger partial charge in [0.05, 0.1) is 22.2 Å². The second-order valence-electron chi connectivity index (χ2n) is 6.41. The quantitative estimate of drug-likeness (QED) is 0.368. The van der Waals surface area contributed by atoms with Crippen molar-refractivity contribution in [1.82, 2.24) is 15.0 Å². The SMILES string of the molecule is COCCOc1ccc2nc(-c3cccnc3)nc(Nc3ccc(Cl)c(Cl)c3)c2c1. The molecule has 0 aliphatic heterocycles. The highest BCUT2D eigenvalue weighted by atomic mass is 35.5. The lowest BCUT2D eigenvalue weighted by Gasteiger charge is -2.13. The largest absolute Gasteiger partial charge is 0.491 e. The Morgan fingerprint density at radius 2 is 1.87 bits per heavy atom. The first-order valence-electron chi connectivity index (χ1n) is 9.20. The summed E-state index contributed by atoms with van der Waals surface area (Å²) in [7, 11) is 1.64. The normalized spacial score (nSPS) is 10.9. The Balaban J connectivity index is 1.79. The van der Waals surface area contributed by atoms with Crippen molar-refractivity contribution >= 4 is 45.6 Å². The predicted molar refractivity (Wildman–Crippen MR) is 120 cm³/mol. The summed E-state index contributed by atoms with van der Waals surface area (Å²) in [4.78, 5) is 13.6. The van der Waals surface area contributed by atoms with Gasteiger partial charge in [0.1, 0.15) is 18.2 Å². The number of halogens is 2. The first kappa shape index (κ1) is 20.3. The van der Waals surface area contributed by atoms with Crippen LogP contribution in [0.1, 0.15) is 0 Å². The number of hydrogen-bond donors (Lipinski definition) is 1. The van der Waals surface area contributed by atoms with E-state index in [1.807, 2.05) is 36.4 Å². The van der Waals surface area contributed by atoms with E-state index in [2.05, 4.69) is 10.3 Å². The Bertz CT molecular complexity index is 1170. The van der Waals surface area contributed by atoms with Gasteiger partial charge in [0.2, 0.25) is 0 Å². The third kappa shape index (κ3) is 4.62. The van der Waals surface area contributed by atoms with E-state index < -0.39 is 0 Å². The molecular formula is C22H18Cl2N4O2. The van der Waals surface area contributed by atoms with E-state index in [0.29, 0.717) is 40.7 Å². The van der Waals surface area contributed by atoms with Crippen molar-refractivity contribution in [3.8, 4) is 17.1 Å². The molecule has 0 aliphatic rings. The van der Waals surface area contributed by atoms with Gasteiger partial charge in [-0.25, -0.2) is 9.97 Å². The van der Waals surface area contributed by atoms with Gasteiger partial charge in [0, 0.05) is 36.1 Å². The third-order valence-electron chi connectivity index (χ3n) is 4.33. The topological polar surface area (TPSA) is 69.2 Å². The number of ether oxygens (including phenoxy) is 2. The number of anilines is 2. The Morgan fingerprint density at radius 1 is 0.967 bits per heavy atom. The fourth-order valence-corrected chi connectivity index (χ4v) is 3.17. The minimum atomic E-state index is 0.451. The van der Waals surface area contributed by atoms with E-state index in [4.69, 9.17) is 42.6 Å². The zero-order valence-corrected chi connectivity index (χ0v) is 17.6. The van der Waals surface area contributed by atoms with Crippen molar-refractivity contribution in [3.63, 3.8) is 0 Å². The molecule has 2 aromatic heterocycles. The fraction of sp³-hybridized carbons (Fsp3) is 0.136. The van der Waals surface area contributed by atoms with Crippen LogP contribution >= 0.6 is 23.2 Å². The summed E-state index contributed by atoms with van der Waals surface area (Å²) in [6.07, 6.45) is 3.44. The Kier molecular flexibility index (Phi) is 6.28. The van der Waals surface area contributed by atoms with E-state index in [0.717, 1.165) is 22.2 Å². The number of nitrogens with one attached hydrogen (secondary N) is 1. The van der Waals surface area contributed by atoms with Crippen LogP contribution < -0.4 is 10.1 Å². The van der Waals surface area contributed by atoms with Crippen molar-refractivity contribution in [2.45, 2.75) is 0 Å². The van der Waals surface area contributed by atoms with Crippen molar-refractivity contribution in [3.05, 3.63) is 71.0 Å². The highest BCUT2D eigenvalue weighted by molar-refractivity contribution is 6.42. The summed E-state index contributed by atoms with van der Waals surface area (Å²) < 4.78 is 10.8. The summed E-state index contributed by atoms with van der Waals surface area (Å²) in [6.45, 7) is 0.953. The number of methoxy groups -OCH3 is 1. The lowest BCUT2D eigenvalue weighted by Crippen LogP contribution is -2.04. The van der Waals surface area contributed by atoms with Crippen LogP contribution in [-0.2, 0) is 4.74 Å². The number of pyridine rings is 1. The number of fused-ring (bicyclic) bond motifs is 1. The minimum Gasteiger partial charge on any atom is -0.491 e. The molecule has 2 aromatic carbocycles. The molecule has 8 heteroatoms. The molecule has 0 amide bonds. The van der Waals surface area contributed by atoms with Crippen LogP contribution in [0.5, 0.6) is 5.75 Å². The number of benzene rings is 2. The van der Waals surface area contributed by atoms with Crippen LogP contribution in [0.4, 0.5) is 11.5 Å². The average molecular weight is 441 g/mol. The molecule has 30 heavy (non-hydrogen) atoms. The van der Waals surface area contributed by atoms with Crippen LogP contribution in [0, 0.1) is 0 Å². The molecule has 0 aliphatic carbocycles. The molecule has 0 atom stereocenters. The first-order valence-corrected chi connectivity index (χ1v) is 9.95.